The molecule has 0 unspecified atom stereocenters. The number of anilines is 1. The predicted octanol–water partition coefficient (Wildman–Crippen LogP) is 9.40. The molecule has 0 spiro atoms. The number of likely N-dealkylation sites (N-methyl/N-ethyl adjacent to an activating group) is 1. The van der Waals surface area contributed by atoms with E-state index in [4.69, 9.17) is 0 Å². The molecule has 0 saturated heterocycles. The maximum Gasteiger partial charge on any atom is 0.210 e. The van der Waals surface area contributed by atoms with Crippen molar-refractivity contribution >= 4 is 38.6 Å². The van der Waals surface area contributed by atoms with Gasteiger partial charge in [-0.1, -0.05) is 74.5 Å². The highest BCUT2D eigenvalue weighted by atomic mass is 16.3. The Balaban J connectivity index is 1.20. The van der Waals surface area contributed by atoms with E-state index in [0.717, 1.165) is 24.0 Å². The molecule has 2 heterocycles. The lowest BCUT2D eigenvalue weighted by atomic mass is 9.79. The highest BCUT2D eigenvalue weighted by Gasteiger charge is 2.44. The van der Waals surface area contributed by atoms with Gasteiger partial charge in [0.2, 0.25) is 5.69 Å². The Hall–Kier alpha value is -4.37. The highest BCUT2D eigenvalue weighted by Crippen LogP contribution is 2.50. The summed E-state index contributed by atoms with van der Waals surface area (Å²) in [5.41, 5.74) is 9.47. The van der Waals surface area contributed by atoms with Crippen LogP contribution in [-0.4, -0.2) is 29.5 Å². The van der Waals surface area contributed by atoms with E-state index in [2.05, 4.69) is 148 Å². The van der Waals surface area contributed by atoms with Crippen LogP contribution in [0.3, 0.4) is 0 Å². The Bertz CT molecular complexity index is 1960. The van der Waals surface area contributed by atoms with Crippen LogP contribution in [0, 0.1) is 0 Å². The molecule has 1 N–H and O–H groups in total. The Morgan fingerprint density at radius 2 is 1.38 bits per heavy atom. The van der Waals surface area contributed by atoms with Crippen LogP contribution in [0.2, 0.25) is 0 Å². The first-order valence-corrected chi connectivity index (χ1v) is 15.0. The van der Waals surface area contributed by atoms with Crippen molar-refractivity contribution in [1.82, 2.24) is 0 Å². The topological polar surface area (TPSA) is 26.5 Å². The number of benzene rings is 4. The van der Waals surface area contributed by atoms with Crippen LogP contribution < -0.4 is 4.90 Å². The van der Waals surface area contributed by atoms with Gasteiger partial charge in [0.15, 0.2) is 5.71 Å². The van der Waals surface area contributed by atoms with Gasteiger partial charge in [-0.05, 0) is 89.2 Å². The fourth-order valence-electron chi connectivity index (χ4n) is 7.78. The van der Waals surface area contributed by atoms with Gasteiger partial charge in [0.25, 0.3) is 0 Å². The van der Waals surface area contributed by atoms with E-state index in [0.29, 0.717) is 5.76 Å². The summed E-state index contributed by atoms with van der Waals surface area (Å²) < 4.78 is 2.31. The van der Waals surface area contributed by atoms with Crippen LogP contribution in [0.15, 0.2) is 120 Å². The van der Waals surface area contributed by atoms with Crippen LogP contribution in [0.25, 0.3) is 21.5 Å². The summed E-state index contributed by atoms with van der Waals surface area (Å²) in [5, 5.41) is 16.5. The smallest absolute Gasteiger partial charge is 0.210 e. The molecule has 2 aliphatic heterocycles. The molecule has 3 heteroatoms. The number of hydrogen-bond donors (Lipinski definition) is 1. The molecule has 3 aliphatic rings. The van der Waals surface area contributed by atoms with Gasteiger partial charge in [-0.25, -0.2) is 0 Å². The average Bonchev–Trinajstić information content (AvgIpc) is 3.50. The van der Waals surface area contributed by atoms with Gasteiger partial charge in [0.05, 0.1) is 5.41 Å². The van der Waals surface area contributed by atoms with E-state index < -0.39 is 0 Å². The summed E-state index contributed by atoms with van der Waals surface area (Å²) >= 11 is 0. The fourth-order valence-corrected chi connectivity index (χ4v) is 7.78. The number of rotatable bonds is 3. The van der Waals surface area contributed by atoms with Crippen molar-refractivity contribution in [3.63, 3.8) is 0 Å². The van der Waals surface area contributed by atoms with Crippen molar-refractivity contribution in [2.24, 2.45) is 0 Å². The van der Waals surface area contributed by atoms with Gasteiger partial charge < -0.3 is 10.0 Å². The Kier molecular flexibility index (Phi) is 5.89. The third-order valence-electron chi connectivity index (χ3n) is 9.95. The SMILES string of the molecule is CN1/C(=C/C=C2\CCC(/C=C/C3=[N+](C)c4ccc5ccccc5c4C3(C)C)=C2O)C(C)(C)c2c1ccc1ccccc21. The van der Waals surface area contributed by atoms with Crippen molar-refractivity contribution in [2.45, 2.75) is 51.4 Å². The second-order valence-electron chi connectivity index (χ2n) is 13.1. The van der Waals surface area contributed by atoms with E-state index in [1.807, 2.05) is 0 Å². The van der Waals surface area contributed by atoms with E-state index >= 15 is 0 Å². The Labute approximate surface area is 249 Å². The second kappa shape index (κ2) is 9.32. The molecule has 4 aromatic rings. The lowest BCUT2D eigenvalue weighted by molar-refractivity contribution is -0.401. The minimum atomic E-state index is -0.142. The van der Waals surface area contributed by atoms with Crippen LogP contribution in [0.5, 0.6) is 0 Å². The number of nitrogens with zero attached hydrogens (tertiary/aromatic N) is 2. The van der Waals surface area contributed by atoms with Crippen LogP contribution in [0.1, 0.15) is 51.7 Å². The van der Waals surface area contributed by atoms with Gasteiger partial charge in [-0.15, -0.1) is 0 Å². The average molecular weight is 552 g/mol. The monoisotopic (exact) mass is 551 g/mol. The van der Waals surface area contributed by atoms with Crippen molar-refractivity contribution in [3.8, 4) is 0 Å². The van der Waals surface area contributed by atoms with Gasteiger partial charge in [-0.2, -0.15) is 4.58 Å². The summed E-state index contributed by atoms with van der Waals surface area (Å²) in [7, 11) is 4.31. The van der Waals surface area contributed by atoms with Crippen LogP contribution in [-0.2, 0) is 10.8 Å². The molecule has 0 aromatic heterocycles. The van der Waals surface area contributed by atoms with Crippen molar-refractivity contribution in [1.29, 1.82) is 0 Å². The molecule has 0 radical (unpaired) electrons. The lowest BCUT2D eigenvalue weighted by Crippen LogP contribution is -2.26. The molecule has 0 amide bonds. The Morgan fingerprint density at radius 1 is 0.738 bits per heavy atom. The predicted molar refractivity (Wildman–Crippen MR) is 177 cm³/mol. The van der Waals surface area contributed by atoms with Gasteiger partial charge in [-0.3, -0.25) is 0 Å². The zero-order valence-electron chi connectivity index (χ0n) is 25.5. The standard InChI is InChI=1S/C39H38N2O/c1-38(2)33(40(5)31-21-17-25-11-7-9-13-29(25)35(31)38)23-19-27-15-16-28(37(27)42)20-24-34-39(3,4)36-30-14-10-8-12-26(30)18-22-32(36)41(34)6/h7-14,17-24H,15-16H2,1-6H3/p+1/b27-19+,33-23+. The number of aliphatic hydroxyl groups excluding tert-OH is 1. The number of hydrogen-bond acceptors (Lipinski definition) is 2. The molecule has 0 bridgehead atoms. The zero-order valence-corrected chi connectivity index (χ0v) is 25.5. The molecule has 7 rings (SSSR count). The molecule has 0 fully saturated rings. The molecule has 42 heavy (non-hydrogen) atoms. The van der Waals surface area contributed by atoms with Crippen LogP contribution >= 0.6 is 0 Å². The second-order valence-corrected chi connectivity index (χ2v) is 13.1. The van der Waals surface area contributed by atoms with Crippen molar-refractivity contribution in [3.05, 3.63) is 131 Å². The van der Waals surface area contributed by atoms with Crippen molar-refractivity contribution < 1.29 is 9.68 Å². The summed E-state index contributed by atoms with van der Waals surface area (Å²) in [5.74, 6) is 0.423. The molecule has 0 atom stereocenters. The highest BCUT2D eigenvalue weighted by molar-refractivity contribution is 6.07. The number of allylic oxidation sites excluding steroid dienone is 7. The molecule has 4 aromatic carbocycles. The summed E-state index contributed by atoms with van der Waals surface area (Å²) in [6.45, 7) is 9.23. The number of fused-ring (bicyclic) bond motifs is 6. The Morgan fingerprint density at radius 3 is 2.10 bits per heavy atom. The normalized spacial score (nSPS) is 21.1. The lowest BCUT2D eigenvalue weighted by Gasteiger charge is -2.24. The fraction of sp³-hybridized carbons (Fsp3) is 0.256. The summed E-state index contributed by atoms with van der Waals surface area (Å²) in [4.78, 5) is 2.31. The van der Waals surface area contributed by atoms with E-state index in [-0.39, 0.29) is 10.8 Å². The van der Waals surface area contributed by atoms with E-state index in [1.165, 1.54) is 55.5 Å². The van der Waals surface area contributed by atoms with Gasteiger partial charge in [0, 0.05) is 41.6 Å². The summed E-state index contributed by atoms with van der Waals surface area (Å²) in [6.07, 6.45) is 10.4. The molecular weight excluding hydrogens is 512 g/mol. The first-order valence-electron chi connectivity index (χ1n) is 15.0. The largest absolute Gasteiger partial charge is 0.507 e. The first-order chi connectivity index (χ1) is 20.1. The van der Waals surface area contributed by atoms with Crippen LogP contribution in [0.4, 0.5) is 11.4 Å². The van der Waals surface area contributed by atoms with E-state index in [9.17, 15) is 5.11 Å². The summed E-state index contributed by atoms with van der Waals surface area (Å²) in [6, 6.07) is 26.2. The first kappa shape index (κ1) is 26.5. The molecule has 0 saturated carbocycles. The quantitative estimate of drug-likeness (QED) is 0.257. The molecule has 210 valence electrons. The van der Waals surface area contributed by atoms with Gasteiger partial charge in [0.1, 0.15) is 12.8 Å². The van der Waals surface area contributed by atoms with Gasteiger partial charge >= 0.3 is 0 Å². The molecule has 1 aliphatic carbocycles. The zero-order chi connectivity index (χ0) is 29.4. The third-order valence-corrected chi connectivity index (χ3v) is 9.95. The maximum absolute atomic E-state index is 11.3. The third kappa shape index (κ3) is 3.76. The number of aliphatic hydroxyl groups is 1. The molecule has 3 nitrogen and oxygen atoms in total. The molecular formula is C39H39N2O+. The van der Waals surface area contributed by atoms with E-state index in [1.54, 1.807) is 0 Å². The maximum atomic E-state index is 11.3. The van der Waals surface area contributed by atoms with Crippen molar-refractivity contribution in [2.75, 3.05) is 19.0 Å². The minimum absolute atomic E-state index is 0.142. The minimum Gasteiger partial charge on any atom is -0.507 e.